The van der Waals surface area contributed by atoms with Gasteiger partial charge in [0.1, 0.15) is 4.47 Å². The molecule has 0 amide bonds. The van der Waals surface area contributed by atoms with Crippen molar-refractivity contribution in [1.82, 2.24) is 9.78 Å². The standard InChI is InChI=1S/C15H18BrN3O/c1-3-11-4-6-12(7-5-11)8-9-17-13-10-18-19(2)15(20)14(13)16/h4-7,10,17H,3,8-9H2,1-2H3. The second-order valence-corrected chi connectivity index (χ2v) is 5.44. The van der Waals surface area contributed by atoms with Crippen molar-refractivity contribution >= 4 is 21.6 Å². The van der Waals surface area contributed by atoms with Gasteiger partial charge in [-0.2, -0.15) is 5.10 Å². The molecule has 2 rings (SSSR count). The first-order chi connectivity index (χ1) is 9.61. The van der Waals surface area contributed by atoms with Gasteiger partial charge in [0.25, 0.3) is 5.56 Å². The van der Waals surface area contributed by atoms with E-state index in [1.54, 1.807) is 13.2 Å². The number of benzene rings is 1. The predicted molar refractivity (Wildman–Crippen MR) is 85.2 cm³/mol. The van der Waals surface area contributed by atoms with Crippen molar-refractivity contribution in [2.45, 2.75) is 19.8 Å². The summed E-state index contributed by atoms with van der Waals surface area (Å²) < 4.78 is 1.83. The lowest BCUT2D eigenvalue weighted by atomic mass is 10.1. The normalized spacial score (nSPS) is 10.6. The van der Waals surface area contributed by atoms with Crippen LogP contribution in [0.1, 0.15) is 18.1 Å². The number of nitrogens with zero attached hydrogens (tertiary/aromatic N) is 2. The maximum Gasteiger partial charge on any atom is 0.282 e. The van der Waals surface area contributed by atoms with Gasteiger partial charge in [-0.05, 0) is 39.9 Å². The van der Waals surface area contributed by atoms with Crippen LogP contribution in [-0.4, -0.2) is 16.3 Å². The van der Waals surface area contributed by atoms with E-state index >= 15 is 0 Å². The first kappa shape index (κ1) is 14.8. The molecule has 20 heavy (non-hydrogen) atoms. The molecule has 0 fully saturated rings. The van der Waals surface area contributed by atoms with Crippen LogP contribution in [0.25, 0.3) is 0 Å². The molecule has 0 aliphatic rings. The summed E-state index contributed by atoms with van der Waals surface area (Å²) >= 11 is 3.30. The van der Waals surface area contributed by atoms with Crippen molar-refractivity contribution in [3.63, 3.8) is 0 Å². The average Bonchev–Trinajstić information content (AvgIpc) is 2.48. The molecular formula is C15H18BrN3O. The molecule has 5 heteroatoms. The highest BCUT2D eigenvalue weighted by Gasteiger charge is 2.05. The van der Waals surface area contributed by atoms with Gasteiger partial charge in [-0.1, -0.05) is 31.2 Å². The molecule has 1 aromatic heterocycles. The third-order valence-electron chi connectivity index (χ3n) is 3.24. The van der Waals surface area contributed by atoms with Crippen molar-refractivity contribution < 1.29 is 0 Å². The van der Waals surface area contributed by atoms with Crippen LogP contribution in [-0.2, 0) is 19.9 Å². The number of hydrogen-bond acceptors (Lipinski definition) is 3. The SMILES string of the molecule is CCc1ccc(CCNc2cnn(C)c(=O)c2Br)cc1. The number of aromatic nitrogens is 2. The molecule has 0 spiro atoms. The molecule has 1 N–H and O–H groups in total. The van der Waals surface area contributed by atoms with Crippen LogP contribution >= 0.6 is 15.9 Å². The van der Waals surface area contributed by atoms with E-state index in [-0.39, 0.29) is 5.56 Å². The summed E-state index contributed by atoms with van der Waals surface area (Å²) in [5, 5.41) is 7.23. The zero-order chi connectivity index (χ0) is 14.5. The first-order valence-electron chi connectivity index (χ1n) is 6.65. The molecule has 0 atom stereocenters. The van der Waals surface area contributed by atoms with Crippen molar-refractivity contribution in [2.24, 2.45) is 7.05 Å². The Bertz CT molecular complexity index is 635. The van der Waals surface area contributed by atoms with Crippen LogP contribution in [0.3, 0.4) is 0 Å². The Kier molecular flexibility index (Phi) is 4.95. The maximum atomic E-state index is 11.7. The molecule has 4 nitrogen and oxygen atoms in total. The van der Waals surface area contributed by atoms with Gasteiger partial charge < -0.3 is 5.32 Å². The van der Waals surface area contributed by atoms with E-state index in [0.717, 1.165) is 25.1 Å². The third-order valence-corrected chi connectivity index (χ3v) is 4.00. The number of anilines is 1. The zero-order valence-electron chi connectivity index (χ0n) is 11.7. The molecule has 1 aromatic carbocycles. The van der Waals surface area contributed by atoms with Crippen molar-refractivity contribution in [1.29, 1.82) is 0 Å². The minimum atomic E-state index is -0.137. The van der Waals surface area contributed by atoms with Gasteiger partial charge in [0, 0.05) is 13.6 Å². The highest BCUT2D eigenvalue weighted by molar-refractivity contribution is 9.10. The Morgan fingerprint density at radius 2 is 1.90 bits per heavy atom. The largest absolute Gasteiger partial charge is 0.382 e. The number of nitrogens with one attached hydrogen (secondary N) is 1. The lowest BCUT2D eigenvalue weighted by molar-refractivity contribution is 0.703. The highest BCUT2D eigenvalue weighted by Crippen LogP contribution is 2.15. The third kappa shape index (κ3) is 3.48. The van der Waals surface area contributed by atoms with Gasteiger partial charge in [0.15, 0.2) is 0 Å². The summed E-state index contributed by atoms with van der Waals surface area (Å²) in [4.78, 5) is 11.7. The smallest absolute Gasteiger partial charge is 0.282 e. The number of rotatable bonds is 5. The molecule has 0 radical (unpaired) electrons. The Balaban J connectivity index is 1.96. The second kappa shape index (κ2) is 6.70. The van der Waals surface area contributed by atoms with Gasteiger partial charge in [-0.3, -0.25) is 4.79 Å². The van der Waals surface area contributed by atoms with Crippen LogP contribution in [0.4, 0.5) is 5.69 Å². The summed E-state index contributed by atoms with van der Waals surface area (Å²) in [5.74, 6) is 0. The van der Waals surface area contributed by atoms with E-state index < -0.39 is 0 Å². The van der Waals surface area contributed by atoms with Crippen molar-refractivity contribution in [2.75, 3.05) is 11.9 Å². The molecule has 0 saturated carbocycles. The molecule has 0 bridgehead atoms. The zero-order valence-corrected chi connectivity index (χ0v) is 13.3. The fourth-order valence-electron chi connectivity index (χ4n) is 1.92. The van der Waals surface area contributed by atoms with Crippen LogP contribution in [0.2, 0.25) is 0 Å². The number of aryl methyl sites for hydroxylation is 2. The van der Waals surface area contributed by atoms with Crippen LogP contribution < -0.4 is 10.9 Å². The second-order valence-electron chi connectivity index (χ2n) is 4.65. The van der Waals surface area contributed by atoms with Crippen LogP contribution in [0, 0.1) is 0 Å². The highest BCUT2D eigenvalue weighted by atomic mass is 79.9. The van der Waals surface area contributed by atoms with E-state index in [1.165, 1.54) is 15.8 Å². The Labute approximate surface area is 127 Å². The summed E-state index contributed by atoms with van der Waals surface area (Å²) in [6.07, 6.45) is 3.63. The van der Waals surface area contributed by atoms with E-state index in [9.17, 15) is 4.79 Å². The predicted octanol–water partition coefficient (Wildman–Crippen LogP) is 2.76. The molecule has 1 heterocycles. The minimum absolute atomic E-state index is 0.137. The van der Waals surface area contributed by atoms with E-state index in [2.05, 4.69) is 57.5 Å². The van der Waals surface area contributed by atoms with Crippen molar-refractivity contribution in [3.8, 4) is 0 Å². The minimum Gasteiger partial charge on any atom is -0.382 e. The lowest BCUT2D eigenvalue weighted by Crippen LogP contribution is -2.21. The molecule has 2 aromatic rings. The van der Waals surface area contributed by atoms with E-state index in [4.69, 9.17) is 0 Å². The Morgan fingerprint density at radius 3 is 2.55 bits per heavy atom. The fraction of sp³-hybridized carbons (Fsp3) is 0.333. The topological polar surface area (TPSA) is 46.9 Å². The molecule has 0 aliphatic heterocycles. The molecular weight excluding hydrogens is 318 g/mol. The van der Waals surface area contributed by atoms with Gasteiger partial charge >= 0.3 is 0 Å². The molecule has 106 valence electrons. The van der Waals surface area contributed by atoms with Crippen LogP contribution in [0.15, 0.2) is 39.7 Å². The Morgan fingerprint density at radius 1 is 1.25 bits per heavy atom. The fourth-order valence-corrected chi connectivity index (χ4v) is 2.42. The van der Waals surface area contributed by atoms with Crippen molar-refractivity contribution in [3.05, 3.63) is 56.4 Å². The lowest BCUT2D eigenvalue weighted by Gasteiger charge is -2.09. The summed E-state index contributed by atoms with van der Waals surface area (Å²) in [6, 6.07) is 8.62. The summed E-state index contributed by atoms with van der Waals surface area (Å²) in [5.41, 5.74) is 3.23. The van der Waals surface area contributed by atoms with Gasteiger partial charge in [-0.15, -0.1) is 0 Å². The Hall–Kier alpha value is -1.62. The van der Waals surface area contributed by atoms with E-state index in [1.807, 2.05) is 0 Å². The molecule has 0 unspecified atom stereocenters. The average molecular weight is 336 g/mol. The number of hydrogen-bond donors (Lipinski definition) is 1. The van der Waals surface area contributed by atoms with Gasteiger partial charge in [0.2, 0.25) is 0 Å². The maximum absolute atomic E-state index is 11.7. The van der Waals surface area contributed by atoms with Gasteiger partial charge in [0.05, 0.1) is 11.9 Å². The first-order valence-corrected chi connectivity index (χ1v) is 7.44. The molecule has 0 saturated heterocycles. The van der Waals surface area contributed by atoms with Gasteiger partial charge in [-0.25, -0.2) is 4.68 Å². The van der Waals surface area contributed by atoms with Crippen LogP contribution in [0.5, 0.6) is 0 Å². The summed E-state index contributed by atoms with van der Waals surface area (Å²) in [6.45, 7) is 2.91. The quantitative estimate of drug-likeness (QED) is 0.913. The number of halogens is 1. The van der Waals surface area contributed by atoms with E-state index in [0.29, 0.717) is 4.47 Å². The summed E-state index contributed by atoms with van der Waals surface area (Å²) in [7, 11) is 1.63. The monoisotopic (exact) mass is 335 g/mol. The molecule has 0 aliphatic carbocycles.